The molecular formula is C47H55ClFN9O7. The second kappa shape index (κ2) is 18.3. The lowest BCUT2D eigenvalue weighted by Gasteiger charge is -2.47. The molecule has 5 aliphatic rings. The van der Waals surface area contributed by atoms with E-state index in [1.54, 1.807) is 22.9 Å². The summed E-state index contributed by atoms with van der Waals surface area (Å²) in [6.07, 6.45) is 7.62. The number of pyridine rings is 1. The Bertz CT molecular complexity index is 2600. The van der Waals surface area contributed by atoms with Gasteiger partial charge in [0.25, 0.3) is 17.4 Å². The first kappa shape index (κ1) is 44.5. The summed E-state index contributed by atoms with van der Waals surface area (Å²) in [6, 6.07) is 8.57. The van der Waals surface area contributed by atoms with Crippen LogP contribution in [0.2, 0.25) is 5.02 Å². The van der Waals surface area contributed by atoms with E-state index in [0.717, 1.165) is 81.2 Å². The molecule has 2 aromatic heterocycles. The number of nitrogens with one attached hydrogen (secondary N) is 3. The van der Waals surface area contributed by atoms with Crippen molar-refractivity contribution in [3.63, 3.8) is 0 Å². The first-order valence-electron chi connectivity index (χ1n) is 22.7. The van der Waals surface area contributed by atoms with Crippen molar-refractivity contribution in [1.29, 1.82) is 0 Å². The van der Waals surface area contributed by atoms with Crippen LogP contribution in [0.4, 0.5) is 21.8 Å². The van der Waals surface area contributed by atoms with E-state index in [9.17, 15) is 24.0 Å². The van der Waals surface area contributed by atoms with Gasteiger partial charge in [-0.3, -0.25) is 29.3 Å². The van der Waals surface area contributed by atoms with Gasteiger partial charge in [0.1, 0.15) is 16.9 Å². The summed E-state index contributed by atoms with van der Waals surface area (Å²) in [5.74, 6) is -0.710. The zero-order valence-corrected chi connectivity index (χ0v) is 37.9. The molecule has 4 fully saturated rings. The van der Waals surface area contributed by atoms with Gasteiger partial charge in [0, 0.05) is 60.8 Å². The lowest BCUT2D eigenvalue weighted by molar-refractivity contribution is -0.137. The lowest BCUT2D eigenvalue weighted by Crippen LogP contribution is -2.52. The standard InChI is InChI=1S/C47H55ClFN9O7/c1-25(2)58-36-6-5-29(18-28(36)19-38(46(58)63)64-24-40(60)50-4)52-43-35(48)22-51-47(54-43)56-15-11-31(12-16-56)65-32-20-30(21-32)55-13-9-27(10-14-55)41-26(3)17-33-34(42(41)49)23-57(45(33)62)37-7-8-39(59)53-44(37)61/h5-6,17-19,22,25,27,30-32,37H,7-16,20-21,23-24H2,1-4H3,(H,50,60)(H,51,52,54)(H,53,59,61)/t30?,32?,37-/m1/s1. The molecule has 4 aromatic rings. The number of aryl methyl sites for hydroxylation is 1. The molecule has 4 amide bonds. The van der Waals surface area contributed by atoms with Gasteiger partial charge in [0.05, 0.1) is 30.5 Å². The Morgan fingerprint density at radius 1 is 1.00 bits per heavy atom. The number of nitrogens with zero attached hydrogens (tertiary/aromatic N) is 6. The van der Waals surface area contributed by atoms with E-state index in [1.807, 2.05) is 39.0 Å². The highest BCUT2D eigenvalue weighted by molar-refractivity contribution is 6.33. The molecule has 1 saturated carbocycles. The molecule has 0 radical (unpaired) electrons. The van der Waals surface area contributed by atoms with Crippen LogP contribution in [0.5, 0.6) is 5.75 Å². The molecule has 9 rings (SSSR count). The summed E-state index contributed by atoms with van der Waals surface area (Å²) in [4.78, 5) is 78.1. The van der Waals surface area contributed by atoms with Crippen molar-refractivity contribution in [2.24, 2.45) is 0 Å². The Morgan fingerprint density at radius 3 is 2.46 bits per heavy atom. The fourth-order valence-electron chi connectivity index (χ4n) is 10.2. The van der Waals surface area contributed by atoms with Crippen LogP contribution >= 0.6 is 11.6 Å². The van der Waals surface area contributed by atoms with Crippen molar-refractivity contribution in [2.75, 3.05) is 50.1 Å². The Hall–Kier alpha value is -5.65. The third-order valence-corrected chi connectivity index (χ3v) is 14.1. The average molecular weight is 912 g/mol. The van der Waals surface area contributed by atoms with Crippen LogP contribution in [-0.2, 0) is 25.7 Å². The van der Waals surface area contributed by atoms with E-state index in [0.29, 0.717) is 45.2 Å². The third kappa shape index (κ3) is 8.89. The van der Waals surface area contributed by atoms with Crippen molar-refractivity contribution in [1.82, 2.24) is 35.0 Å². The Labute approximate surface area is 381 Å². The number of carbonyl (C=O) groups excluding carboxylic acids is 4. The van der Waals surface area contributed by atoms with Gasteiger partial charge in [-0.1, -0.05) is 11.6 Å². The van der Waals surface area contributed by atoms with E-state index in [2.05, 4.69) is 30.7 Å². The summed E-state index contributed by atoms with van der Waals surface area (Å²) in [5, 5.41) is 9.25. The lowest BCUT2D eigenvalue weighted by atomic mass is 9.81. The quantitative estimate of drug-likeness (QED) is 0.152. The number of imide groups is 1. The maximum Gasteiger partial charge on any atom is 0.293 e. The molecule has 3 saturated heterocycles. The van der Waals surface area contributed by atoms with Gasteiger partial charge in [0.15, 0.2) is 18.2 Å². The summed E-state index contributed by atoms with van der Waals surface area (Å²) >= 11 is 6.60. The molecule has 3 N–H and O–H groups in total. The van der Waals surface area contributed by atoms with Gasteiger partial charge in [-0.05, 0) is 126 Å². The first-order chi connectivity index (χ1) is 31.3. The maximum absolute atomic E-state index is 16.3. The third-order valence-electron chi connectivity index (χ3n) is 13.8. The van der Waals surface area contributed by atoms with Crippen LogP contribution in [0.1, 0.15) is 104 Å². The number of ether oxygens (including phenoxy) is 2. The highest BCUT2D eigenvalue weighted by Crippen LogP contribution is 2.41. The zero-order chi connectivity index (χ0) is 45.7. The molecule has 65 heavy (non-hydrogen) atoms. The predicted octanol–water partition coefficient (Wildman–Crippen LogP) is 5.50. The number of carbonyl (C=O) groups is 4. The molecule has 344 valence electrons. The number of fused-ring (bicyclic) bond motifs is 2. The highest BCUT2D eigenvalue weighted by Gasteiger charge is 2.43. The highest BCUT2D eigenvalue weighted by atomic mass is 35.5. The number of likely N-dealkylation sites (N-methyl/N-ethyl adjacent to an activating group) is 1. The maximum atomic E-state index is 16.3. The second-order valence-corrected chi connectivity index (χ2v) is 18.6. The molecule has 0 unspecified atom stereocenters. The Kier molecular flexibility index (Phi) is 12.6. The predicted molar refractivity (Wildman–Crippen MR) is 242 cm³/mol. The normalized spacial score (nSPS) is 22.0. The summed E-state index contributed by atoms with van der Waals surface area (Å²) in [7, 11) is 1.51. The van der Waals surface area contributed by atoms with Gasteiger partial charge in [0.2, 0.25) is 17.8 Å². The second-order valence-electron chi connectivity index (χ2n) is 18.2. The fourth-order valence-corrected chi connectivity index (χ4v) is 10.4. The molecule has 6 heterocycles. The van der Waals surface area contributed by atoms with Crippen molar-refractivity contribution in [2.45, 2.75) is 115 Å². The van der Waals surface area contributed by atoms with Gasteiger partial charge < -0.3 is 39.4 Å². The summed E-state index contributed by atoms with van der Waals surface area (Å²) < 4.78 is 30.1. The number of likely N-dealkylation sites (tertiary alicyclic amines) is 1. The van der Waals surface area contributed by atoms with Crippen molar-refractivity contribution >= 4 is 63.6 Å². The molecule has 1 aliphatic carbocycles. The van der Waals surface area contributed by atoms with E-state index in [-0.39, 0.29) is 85.0 Å². The van der Waals surface area contributed by atoms with Gasteiger partial charge >= 0.3 is 0 Å². The number of rotatable bonds is 12. The van der Waals surface area contributed by atoms with E-state index in [1.165, 1.54) is 11.9 Å². The number of aromatic nitrogens is 3. The van der Waals surface area contributed by atoms with Crippen LogP contribution in [0.25, 0.3) is 10.9 Å². The van der Waals surface area contributed by atoms with Crippen molar-refractivity contribution < 1.29 is 33.0 Å². The largest absolute Gasteiger partial charge is 0.478 e. The van der Waals surface area contributed by atoms with Crippen molar-refractivity contribution in [3.05, 3.63) is 80.0 Å². The number of amides is 4. The van der Waals surface area contributed by atoms with Crippen LogP contribution in [0.3, 0.4) is 0 Å². The summed E-state index contributed by atoms with van der Waals surface area (Å²) in [5.41, 5.74) is 3.25. The van der Waals surface area contributed by atoms with Gasteiger partial charge in [-0.25, -0.2) is 9.37 Å². The topological polar surface area (TPSA) is 180 Å². The SMILES string of the molecule is CNC(=O)COc1cc2cc(Nc3nc(N4CCC(OC5CC(N6CCC(c7c(C)cc8c(c7F)CN([C@@H]7CCC(=O)NC7=O)C8=O)CC6)C5)CC4)ncc3Cl)ccc2n(C(C)C)c1=O. The molecule has 0 spiro atoms. The zero-order valence-electron chi connectivity index (χ0n) is 37.1. The van der Waals surface area contributed by atoms with E-state index < -0.39 is 11.9 Å². The molecular weight excluding hydrogens is 857 g/mol. The number of halogens is 2. The fraction of sp³-hybridized carbons (Fsp3) is 0.511. The minimum absolute atomic E-state index is 0.0374. The first-order valence-corrected chi connectivity index (χ1v) is 23.1. The molecule has 18 heteroatoms. The number of hydrogen-bond acceptors (Lipinski definition) is 12. The Morgan fingerprint density at radius 2 is 1.75 bits per heavy atom. The molecule has 2 aromatic carbocycles. The molecule has 4 aliphatic heterocycles. The minimum Gasteiger partial charge on any atom is -0.478 e. The number of hydrogen-bond donors (Lipinski definition) is 3. The smallest absolute Gasteiger partial charge is 0.293 e. The number of anilines is 3. The van der Waals surface area contributed by atoms with Crippen molar-refractivity contribution in [3.8, 4) is 5.75 Å². The summed E-state index contributed by atoms with van der Waals surface area (Å²) in [6.45, 7) is 8.68. The van der Waals surface area contributed by atoms with Crippen LogP contribution in [0.15, 0.2) is 41.3 Å². The average Bonchev–Trinajstić information content (AvgIpc) is 3.60. The van der Waals surface area contributed by atoms with Crippen LogP contribution in [-0.4, -0.2) is 112 Å². The monoisotopic (exact) mass is 911 g/mol. The van der Waals surface area contributed by atoms with Gasteiger partial charge in [-0.2, -0.15) is 4.98 Å². The molecule has 1 atom stereocenters. The number of benzene rings is 2. The molecule has 16 nitrogen and oxygen atoms in total. The number of piperidine rings is 3. The van der Waals surface area contributed by atoms with E-state index >= 15 is 4.39 Å². The van der Waals surface area contributed by atoms with Gasteiger partial charge in [-0.15, -0.1) is 0 Å². The molecule has 0 bridgehead atoms. The Balaban J connectivity index is 0.754. The van der Waals surface area contributed by atoms with E-state index in [4.69, 9.17) is 26.1 Å². The van der Waals surface area contributed by atoms with Crippen LogP contribution < -0.4 is 31.1 Å². The minimum atomic E-state index is -0.773. The van der Waals surface area contributed by atoms with Crippen LogP contribution in [0, 0.1) is 12.7 Å².